The number of hydrogen-bond donors (Lipinski definition) is 1. The minimum atomic E-state index is -3.89. The van der Waals surface area contributed by atoms with Crippen LogP contribution in [0.25, 0.3) is 11.3 Å². The molecule has 10 heteroatoms. The minimum Gasteiger partial charge on any atom is -0.497 e. The maximum absolute atomic E-state index is 12.5. The molecule has 0 unspecified atom stereocenters. The van der Waals surface area contributed by atoms with Gasteiger partial charge in [0, 0.05) is 23.2 Å². The fraction of sp³-hybridized carbons (Fsp3) is 0.158. The Hall–Kier alpha value is -2.39. The van der Waals surface area contributed by atoms with Crippen molar-refractivity contribution in [2.24, 2.45) is 0 Å². The molecule has 0 aliphatic carbocycles. The molecule has 2 aromatic carbocycles. The van der Waals surface area contributed by atoms with Gasteiger partial charge in [-0.15, -0.1) is 0 Å². The van der Waals surface area contributed by atoms with E-state index in [0.29, 0.717) is 11.4 Å². The molecule has 0 radical (unpaired) electrons. The molecular formula is C19H17Cl2N3O4S. The number of aromatic nitrogens is 2. The lowest BCUT2D eigenvalue weighted by Crippen LogP contribution is -2.32. The fourth-order valence-corrected chi connectivity index (χ4v) is 4.35. The monoisotopic (exact) mass is 453 g/mol. The standard InChI is InChI=1S/C19H17Cl2N3O4S/c1-28-15-5-2-13(3-6-15)17-8-9-19(25)24(23-17)11-10-22-29(26,27)18-12-14(20)4-7-16(18)21/h2-9,12,22H,10-11H2,1H3. The molecular weight excluding hydrogens is 437 g/mol. The fourth-order valence-electron chi connectivity index (χ4n) is 2.57. The molecule has 1 heterocycles. The average molecular weight is 454 g/mol. The molecule has 0 saturated carbocycles. The Kier molecular flexibility index (Phi) is 6.59. The lowest BCUT2D eigenvalue weighted by molar-refractivity contribution is 0.415. The van der Waals surface area contributed by atoms with Crippen LogP contribution in [-0.2, 0) is 16.6 Å². The van der Waals surface area contributed by atoms with Gasteiger partial charge in [0.2, 0.25) is 10.0 Å². The van der Waals surface area contributed by atoms with Crippen molar-refractivity contribution in [2.45, 2.75) is 11.4 Å². The zero-order valence-electron chi connectivity index (χ0n) is 15.3. The molecule has 3 rings (SSSR count). The number of methoxy groups -OCH3 is 1. The Morgan fingerprint density at radius 2 is 1.79 bits per heavy atom. The van der Waals surface area contributed by atoms with Crippen LogP contribution in [0, 0.1) is 0 Å². The SMILES string of the molecule is COc1ccc(-c2ccc(=O)n(CCNS(=O)(=O)c3cc(Cl)ccc3Cl)n2)cc1. The van der Waals surface area contributed by atoms with Crippen LogP contribution in [0.3, 0.4) is 0 Å². The van der Waals surface area contributed by atoms with E-state index in [0.717, 1.165) is 5.56 Å². The van der Waals surface area contributed by atoms with Gasteiger partial charge in [-0.25, -0.2) is 17.8 Å². The Morgan fingerprint density at radius 3 is 2.48 bits per heavy atom. The molecule has 0 spiro atoms. The van der Waals surface area contributed by atoms with Gasteiger partial charge in [0.25, 0.3) is 5.56 Å². The van der Waals surface area contributed by atoms with Gasteiger partial charge >= 0.3 is 0 Å². The number of sulfonamides is 1. The molecule has 0 fully saturated rings. The van der Waals surface area contributed by atoms with E-state index >= 15 is 0 Å². The maximum atomic E-state index is 12.5. The summed E-state index contributed by atoms with van der Waals surface area (Å²) in [6.07, 6.45) is 0. The number of nitrogens with one attached hydrogen (secondary N) is 1. The normalized spacial score (nSPS) is 11.4. The Bertz CT molecular complexity index is 1180. The first-order valence-corrected chi connectivity index (χ1v) is 10.7. The summed E-state index contributed by atoms with van der Waals surface area (Å²) in [7, 11) is -2.32. The molecule has 0 aliphatic rings. The summed E-state index contributed by atoms with van der Waals surface area (Å²) in [5.41, 5.74) is 1.03. The summed E-state index contributed by atoms with van der Waals surface area (Å²) in [6.45, 7) is -0.00953. The molecule has 0 atom stereocenters. The highest BCUT2D eigenvalue weighted by atomic mass is 35.5. The minimum absolute atomic E-state index is 0.0419. The van der Waals surface area contributed by atoms with Gasteiger partial charge < -0.3 is 4.74 Å². The quantitative estimate of drug-likeness (QED) is 0.592. The number of rotatable bonds is 7. The first-order chi connectivity index (χ1) is 13.8. The highest BCUT2D eigenvalue weighted by Gasteiger charge is 2.18. The topological polar surface area (TPSA) is 90.3 Å². The lowest BCUT2D eigenvalue weighted by atomic mass is 10.1. The van der Waals surface area contributed by atoms with E-state index < -0.39 is 10.0 Å². The van der Waals surface area contributed by atoms with Crippen LogP contribution in [0.5, 0.6) is 5.75 Å². The van der Waals surface area contributed by atoms with Crippen LogP contribution in [0.2, 0.25) is 10.0 Å². The van der Waals surface area contributed by atoms with E-state index in [1.807, 2.05) is 12.1 Å². The van der Waals surface area contributed by atoms with Crippen molar-refractivity contribution in [3.05, 3.63) is 75.0 Å². The van der Waals surface area contributed by atoms with Crippen LogP contribution >= 0.6 is 23.2 Å². The zero-order valence-corrected chi connectivity index (χ0v) is 17.6. The largest absolute Gasteiger partial charge is 0.497 e. The van der Waals surface area contributed by atoms with E-state index in [2.05, 4.69) is 9.82 Å². The summed E-state index contributed by atoms with van der Waals surface area (Å²) in [5, 5.41) is 4.61. The highest BCUT2D eigenvalue weighted by molar-refractivity contribution is 7.89. The summed E-state index contributed by atoms with van der Waals surface area (Å²) in [5.74, 6) is 0.705. The maximum Gasteiger partial charge on any atom is 0.266 e. The predicted molar refractivity (Wildman–Crippen MR) is 112 cm³/mol. The first-order valence-electron chi connectivity index (χ1n) is 8.47. The van der Waals surface area contributed by atoms with Gasteiger partial charge in [0.05, 0.1) is 24.4 Å². The average Bonchev–Trinajstić information content (AvgIpc) is 2.71. The second-order valence-electron chi connectivity index (χ2n) is 5.98. The molecule has 0 saturated heterocycles. The molecule has 0 amide bonds. The first kappa shape index (κ1) is 21.3. The predicted octanol–water partition coefficient (Wildman–Crippen LogP) is 3.20. The summed E-state index contributed by atoms with van der Waals surface area (Å²) in [4.78, 5) is 12.0. The van der Waals surface area contributed by atoms with Crippen LogP contribution < -0.4 is 15.0 Å². The van der Waals surface area contributed by atoms with Gasteiger partial charge in [0.15, 0.2) is 0 Å². The number of halogens is 2. The highest BCUT2D eigenvalue weighted by Crippen LogP contribution is 2.24. The third-order valence-electron chi connectivity index (χ3n) is 4.05. The molecule has 29 heavy (non-hydrogen) atoms. The molecule has 3 aromatic rings. The van der Waals surface area contributed by atoms with E-state index in [4.69, 9.17) is 27.9 Å². The Balaban J connectivity index is 1.75. The Morgan fingerprint density at radius 1 is 1.07 bits per heavy atom. The lowest BCUT2D eigenvalue weighted by Gasteiger charge is -2.10. The third-order valence-corrected chi connectivity index (χ3v) is 6.23. The van der Waals surface area contributed by atoms with Crippen LogP contribution in [0.4, 0.5) is 0 Å². The number of hydrogen-bond acceptors (Lipinski definition) is 5. The van der Waals surface area contributed by atoms with Crippen molar-refractivity contribution in [3.63, 3.8) is 0 Å². The van der Waals surface area contributed by atoms with Gasteiger partial charge in [-0.1, -0.05) is 23.2 Å². The van der Waals surface area contributed by atoms with E-state index in [1.54, 1.807) is 25.3 Å². The summed E-state index contributed by atoms with van der Waals surface area (Å²) >= 11 is 11.8. The van der Waals surface area contributed by atoms with Gasteiger partial charge in [-0.05, 0) is 48.5 Å². The van der Waals surface area contributed by atoms with Crippen LogP contribution in [0.1, 0.15) is 0 Å². The van der Waals surface area contributed by atoms with Crippen molar-refractivity contribution < 1.29 is 13.2 Å². The van der Waals surface area contributed by atoms with Gasteiger partial charge in [-0.2, -0.15) is 5.10 Å². The van der Waals surface area contributed by atoms with Crippen molar-refractivity contribution in [1.82, 2.24) is 14.5 Å². The summed E-state index contributed by atoms with van der Waals surface area (Å²) in [6, 6.07) is 14.4. The van der Waals surface area contributed by atoms with Gasteiger partial charge in [-0.3, -0.25) is 4.79 Å². The van der Waals surface area contributed by atoms with E-state index in [9.17, 15) is 13.2 Å². The zero-order chi connectivity index (χ0) is 21.0. The van der Waals surface area contributed by atoms with E-state index in [1.165, 1.54) is 28.9 Å². The van der Waals surface area contributed by atoms with Gasteiger partial charge in [0.1, 0.15) is 10.6 Å². The van der Waals surface area contributed by atoms with Crippen LogP contribution in [-0.4, -0.2) is 31.9 Å². The number of benzene rings is 2. The summed E-state index contributed by atoms with van der Waals surface area (Å²) < 4.78 is 33.6. The van der Waals surface area contributed by atoms with Crippen molar-refractivity contribution in [3.8, 4) is 17.0 Å². The molecule has 7 nitrogen and oxygen atoms in total. The smallest absolute Gasteiger partial charge is 0.266 e. The molecule has 1 N–H and O–H groups in total. The number of nitrogens with zero attached hydrogens (tertiary/aromatic N) is 2. The van der Waals surface area contributed by atoms with Crippen molar-refractivity contribution >= 4 is 33.2 Å². The molecule has 0 aliphatic heterocycles. The Labute approximate surface area is 177 Å². The van der Waals surface area contributed by atoms with Crippen molar-refractivity contribution in [1.29, 1.82) is 0 Å². The number of ether oxygens (including phenoxy) is 1. The van der Waals surface area contributed by atoms with E-state index in [-0.39, 0.29) is 33.6 Å². The molecule has 0 bridgehead atoms. The van der Waals surface area contributed by atoms with Crippen molar-refractivity contribution in [2.75, 3.05) is 13.7 Å². The molecule has 152 valence electrons. The second-order valence-corrected chi connectivity index (χ2v) is 8.56. The van der Waals surface area contributed by atoms with Crippen LogP contribution in [0.15, 0.2) is 64.3 Å². The third kappa shape index (κ3) is 5.16. The second kappa shape index (κ2) is 8.96. The molecule has 1 aromatic heterocycles.